The van der Waals surface area contributed by atoms with Crippen molar-refractivity contribution in [1.82, 2.24) is 0 Å². The number of hydrogen-bond donors (Lipinski definition) is 6. The lowest BCUT2D eigenvalue weighted by molar-refractivity contribution is 0.0450. The summed E-state index contributed by atoms with van der Waals surface area (Å²) in [5.41, 5.74) is 0. The minimum atomic E-state index is -0.954. The number of hydrogen-bond acceptors (Lipinski definition) is 7. The molecule has 1 heterocycles. The molecule has 0 amide bonds. The van der Waals surface area contributed by atoms with E-state index in [0.717, 1.165) is 13.2 Å². The first-order valence-corrected chi connectivity index (χ1v) is 4.49. The molecule has 0 aromatic carbocycles. The Labute approximate surface area is 88.2 Å². The summed E-state index contributed by atoms with van der Waals surface area (Å²) in [7, 11) is 0. The SMILES string of the molecule is C1CO1.OCC(O)CO.OCC(O)CO. The van der Waals surface area contributed by atoms with E-state index in [9.17, 15) is 0 Å². The van der Waals surface area contributed by atoms with Crippen LogP contribution in [-0.4, -0.2) is 82.5 Å². The summed E-state index contributed by atoms with van der Waals surface area (Å²) in [6.45, 7) is 0.542. The summed E-state index contributed by atoms with van der Waals surface area (Å²) >= 11 is 0. The summed E-state index contributed by atoms with van der Waals surface area (Å²) in [6, 6.07) is 0. The van der Waals surface area contributed by atoms with Crippen molar-refractivity contribution >= 4 is 0 Å². The second-order valence-corrected chi connectivity index (χ2v) is 2.65. The van der Waals surface area contributed by atoms with Crippen molar-refractivity contribution < 1.29 is 35.4 Å². The Balaban J connectivity index is 0. The van der Waals surface area contributed by atoms with Crippen molar-refractivity contribution in [2.24, 2.45) is 0 Å². The predicted octanol–water partition coefficient (Wildman–Crippen LogP) is -3.32. The van der Waals surface area contributed by atoms with E-state index in [2.05, 4.69) is 4.74 Å². The summed E-state index contributed by atoms with van der Waals surface area (Å²) in [6.07, 6.45) is -1.91. The lowest BCUT2D eigenvalue weighted by atomic mass is 10.4. The quantitative estimate of drug-likeness (QED) is 0.277. The first-order valence-electron chi connectivity index (χ1n) is 4.49. The molecular weight excluding hydrogens is 208 g/mol. The van der Waals surface area contributed by atoms with Crippen LogP contribution in [-0.2, 0) is 4.74 Å². The highest BCUT2D eigenvalue weighted by Gasteiger charge is 1.94. The Hall–Kier alpha value is -0.280. The van der Waals surface area contributed by atoms with Crippen molar-refractivity contribution in [3.63, 3.8) is 0 Å². The number of aliphatic hydroxyl groups is 6. The second kappa shape index (κ2) is 13.7. The predicted molar refractivity (Wildman–Crippen MR) is 51.2 cm³/mol. The molecule has 15 heavy (non-hydrogen) atoms. The average molecular weight is 228 g/mol. The molecule has 0 aliphatic carbocycles. The standard InChI is InChI=1S/2C3H8O3.C2H4O/c2*4-1-3(6)2-5;1-2-3-1/h2*3-6H,1-2H2;1-2H2. The summed E-state index contributed by atoms with van der Waals surface area (Å²) < 4.78 is 4.50. The molecule has 1 aliphatic heterocycles. The highest BCUT2D eigenvalue weighted by molar-refractivity contribution is 4.44. The molecular formula is C8H20O7. The van der Waals surface area contributed by atoms with Crippen molar-refractivity contribution in [3.05, 3.63) is 0 Å². The molecule has 0 saturated carbocycles. The fourth-order valence-corrected chi connectivity index (χ4v) is 0.115. The van der Waals surface area contributed by atoms with Gasteiger partial charge in [0.15, 0.2) is 0 Å². The largest absolute Gasteiger partial charge is 0.394 e. The second-order valence-electron chi connectivity index (χ2n) is 2.65. The van der Waals surface area contributed by atoms with Crippen LogP contribution in [0.15, 0.2) is 0 Å². The van der Waals surface area contributed by atoms with Gasteiger partial charge in [-0.25, -0.2) is 0 Å². The molecule has 6 N–H and O–H groups in total. The Morgan fingerprint density at radius 1 is 0.733 bits per heavy atom. The summed E-state index contributed by atoms with van der Waals surface area (Å²) in [5, 5.41) is 48.0. The molecule has 7 heteroatoms. The van der Waals surface area contributed by atoms with Crippen LogP contribution in [0.2, 0.25) is 0 Å². The van der Waals surface area contributed by atoms with Crippen LogP contribution in [0.3, 0.4) is 0 Å². The Kier molecular flexibility index (Phi) is 15.7. The maximum absolute atomic E-state index is 8.17. The molecule has 1 rings (SSSR count). The monoisotopic (exact) mass is 228 g/mol. The fraction of sp³-hybridized carbons (Fsp3) is 1.00. The van der Waals surface area contributed by atoms with Gasteiger partial charge in [0.05, 0.1) is 39.6 Å². The van der Waals surface area contributed by atoms with E-state index >= 15 is 0 Å². The molecule has 94 valence electrons. The molecule has 0 unspecified atom stereocenters. The highest BCUT2D eigenvalue weighted by Crippen LogP contribution is 1.84. The van der Waals surface area contributed by atoms with Gasteiger partial charge in [-0.1, -0.05) is 0 Å². The van der Waals surface area contributed by atoms with Crippen molar-refractivity contribution in [2.75, 3.05) is 39.6 Å². The molecule has 0 bridgehead atoms. The van der Waals surface area contributed by atoms with Crippen molar-refractivity contribution in [1.29, 1.82) is 0 Å². The van der Waals surface area contributed by atoms with E-state index < -0.39 is 12.2 Å². The molecule has 1 saturated heterocycles. The third kappa shape index (κ3) is 24.8. The van der Waals surface area contributed by atoms with E-state index in [-0.39, 0.29) is 26.4 Å². The minimum Gasteiger partial charge on any atom is -0.394 e. The van der Waals surface area contributed by atoms with Crippen molar-refractivity contribution in [2.45, 2.75) is 12.2 Å². The molecule has 7 nitrogen and oxygen atoms in total. The molecule has 0 spiro atoms. The third-order valence-corrected chi connectivity index (χ3v) is 1.05. The smallest absolute Gasteiger partial charge is 0.100 e. The van der Waals surface area contributed by atoms with Crippen LogP contribution < -0.4 is 0 Å². The van der Waals surface area contributed by atoms with Gasteiger partial charge >= 0.3 is 0 Å². The van der Waals surface area contributed by atoms with Crippen LogP contribution in [0.1, 0.15) is 0 Å². The molecule has 0 aromatic heterocycles. The lowest BCUT2D eigenvalue weighted by Crippen LogP contribution is -2.15. The average Bonchev–Trinajstić information content (AvgIpc) is 3.15. The lowest BCUT2D eigenvalue weighted by Gasteiger charge is -1.96. The Morgan fingerprint density at radius 2 is 0.933 bits per heavy atom. The Morgan fingerprint density at radius 3 is 0.933 bits per heavy atom. The van der Waals surface area contributed by atoms with Crippen LogP contribution in [0, 0.1) is 0 Å². The maximum Gasteiger partial charge on any atom is 0.100 e. The van der Waals surface area contributed by atoms with Gasteiger partial charge in [-0.3, -0.25) is 0 Å². The normalized spacial score (nSPS) is 12.8. The number of rotatable bonds is 4. The molecule has 0 aromatic rings. The van der Waals surface area contributed by atoms with E-state index in [1.165, 1.54) is 0 Å². The topological polar surface area (TPSA) is 134 Å². The highest BCUT2D eigenvalue weighted by atomic mass is 16.6. The van der Waals surface area contributed by atoms with Gasteiger partial charge in [0.1, 0.15) is 12.2 Å². The van der Waals surface area contributed by atoms with Gasteiger partial charge in [-0.2, -0.15) is 0 Å². The van der Waals surface area contributed by atoms with Gasteiger partial charge < -0.3 is 35.4 Å². The first-order chi connectivity index (χ1) is 7.12. The Bertz CT molecular complexity index is 88.4. The van der Waals surface area contributed by atoms with Gasteiger partial charge in [0, 0.05) is 0 Å². The van der Waals surface area contributed by atoms with E-state index in [0.29, 0.717) is 0 Å². The molecule has 1 aliphatic rings. The third-order valence-electron chi connectivity index (χ3n) is 1.05. The zero-order valence-electron chi connectivity index (χ0n) is 8.49. The van der Waals surface area contributed by atoms with Gasteiger partial charge in [0.25, 0.3) is 0 Å². The molecule has 0 atom stereocenters. The maximum atomic E-state index is 8.17. The van der Waals surface area contributed by atoms with E-state index in [4.69, 9.17) is 30.6 Å². The van der Waals surface area contributed by atoms with Crippen molar-refractivity contribution in [3.8, 4) is 0 Å². The van der Waals surface area contributed by atoms with E-state index in [1.54, 1.807) is 0 Å². The van der Waals surface area contributed by atoms with Crippen LogP contribution in [0.5, 0.6) is 0 Å². The van der Waals surface area contributed by atoms with Crippen LogP contribution in [0.4, 0.5) is 0 Å². The zero-order chi connectivity index (χ0) is 12.1. The number of ether oxygens (including phenoxy) is 1. The number of epoxide rings is 1. The molecule has 1 fully saturated rings. The van der Waals surface area contributed by atoms with Crippen LogP contribution in [0.25, 0.3) is 0 Å². The zero-order valence-corrected chi connectivity index (χ0v) is 8.49. The summed E-state index contributed by atoms with van der Waals surface area (Å²) in [5.74, 6) is 0. The number of aliphatic hydroxyl groups excluding tert-OH is 6. The minimum absolute atomic E-state index is 0.365. The van der Waals surface area contributed by atoms with Gasteiger partial charge in [0.2, 0.25) is 0 Å². The van der Waals surface area contributed by atoms with E-state index in [1.807, 2.05) is 0 Å². The first kappa shape index (κ1) is 17.1. The van der Waals surface area contributed by atoms with Gasteiger partial charge in [-0.05, 0) is 0 Å². The fourth-order valence-electron chi connectivity index (χ4n) is 0.115. The van der Waals surface area contributed by atoms with Gasteiger partial charge in [-0.15, -0.1) is 0 Å². The molecule has 0 radical (unpaired) electrons. The van der Waals surface area contributed by atoms with Crippen LogP contribution >= 0.6 is 0 Å². The summed E-state index contributed by atoms with van der Waals surface area (Å²) in [4.78, 5) is 0.